The van der Waals surface area contributed by atoms with Crippen LogP contribution in [0, 0.1) is 11.8 Å². The van der Waals surface area contributed by atoms with Gasteiger partial charge in [-0.15, -0.1) is 0 Å². The minimum absolute atomic E-state index is 0.385. The summed E-state index contributed by atoms with van der Waals surface area (Å²) in [6.07, 6.45) is 1.70. The molecule has 1 radical (unpaired) electrons. The molecule has 0 bridgehead atoms. The molecule has 0 aromatic carbocycles. The number of hydrogen-bond acceptors (Lipinski definition) is 2. The SMILES string of the molecule is O=[C]N[C@@H]1[C@@H]2COC[C@@H]21. The van der Waals surface area contributed by atoms with Crippen molar-refractivity contribution in [2.75, 3.05) is 13.2 Å². The number of amides is 1. The molecule has 49 valence electrons. The number of hydrogen-bond donors (Lipinski definition) is 1. The zero-order chi connectivity index (χ0) is 6.27. The highest BCUT2D eigenvalue weighted by molar-refractivity contribution is 5.49. The van der Waals surface area contributed by atoms with E-state index in [0.29, 0.717) is 17.9 Å². The van der Waals surface area contributed by atoms with E-state index in [-0.39, 0.29) is 0 Å². The van der Waals surface area contributed by atoms with Crippen LogP contribution in [0.1, 0.15) is 0 Å². The van der Waals surface area contributed by atoms with Crippen LogP contribution >= 0.6 is 0 Å². The first-order valence-electron chi connectivity index (χ1n) is 3.14. The van der Waals surface area contributed by atoms with Crippen molar-refractivity contribution in [1.29, 1.82) is 0 Å². The largest absolute Gasteiger partial charge is 0.381 e. The Morgan fingerprint density at radius 2 is 2.11 bits per heavy atom. The van der Waals surface area contributed by atoms with Gasteiger partial charge in [-0.2, -0.15) is 0 Å². The standard InChI is InChI=1S/C6H8NO2/c8-3-7-6-4-1-9-2-5(4)6/h4-6H,1-2H2,(H,7,8)/t4-,5+,6-. The first-order valence-corrected chi connectivity index (χ1v) is 3.14. The number of fused-ring (bicyclic) bond motifs is 1. The second-order valence-electron chi connectivity index (χ2n) is 2.64. The molecule has 1 amide bonds. The van der Waals surface area contributed by atoms with Gasteiger partial charge in [-0.1, -0.05) is 0 Å². The minimum atomic E-state index is 0.385. The molecule has 2 fully saturated rings. The maximum absolute atomic E-state index is 9.81. The monoisotopic (exact) mass is 126 g/mol. The van der Waals surface area contributed by atoms with Gasteiger partial charge in [0.15, 0.2) is 0 Å². The number of rotatable bonds is 2. The van der Waals surface area contributed by atoms with Crippen molar-refractivity contribution in [1.82, 2.24) is 5.32 Å². The van der Waals surface area contributed by atoms with Crippen molar-refractivity contribution < 1.29 is 9.53 Å². The van der Waals surface area contributed by atoms with E-state index >= 15 is 0 Å². The lowest BCUT2D eigenvalue weighted by Gasteiger charge is -1.99. The Hall–Kier alpha value is -0.570. The molecule has 1 heterocycles. The Morgan fingerprint density at radius 1 is 1.44 bits per heavy atom. The van der Waals surface area contributed by atoms with Gasteiger partial charge in [-0.3, -0.25) is 4.79 Å². The third-order valence-corrected chi connectivity index (χ3v) is 2.18. The summed E-state index contributed by atoms with van der Waals surface area (Å²) in [5, 5.41) is 2.64. The molecular formula is C6H8NO2. The molecule has 1 aliphatic carbocycles. The van der Waals surface area contributed by atoms with Gasteiger partial charge in [0.2, 0.25) is 0 Å². The van der Waals surface area contributed by atoms with Crippen LogP contribution in [0.4, 0.5) is 0 Å². The fourth-order valence-corrected chi connectivity index (χ4v) is 1.52. The van der Waals surface area contributed by atoms with Crippen LogP contribution < -0.4 is 5.32 Å². The van der Waals surface area contributed by atoms with Crippen molar-refractivity contribution in [3.05, 3.63) is 0 Å². The molecule has 1 saturated heterocycles. The van der Waals surface area contributed by atoms with E-state index in [0.717, 1.165) is 13.2 Å². The maximum atomic E-state index is 9.81. The van der Waals surface area contributed by atoms with Crippen molar-refractivity contribution in [2.45, 2.75) is 6.04 Å². The van der Waals surface area contributed by atoms with Crippen LogP contribution in [-0.4, -0.2) is 25.7 Å². The van der Waals surface area contributed by atoms with Crippen molar-refractivity contribution in [3.63, 3.8) is 0 Å². The quantitative estimate of drug-likeness (QED) is 0.496. The molecule has 3 heteroatoms. The Bertz CT molecular complexity index is 127. The third-order valence-electron chi connectivity index (χ3n) is 2.18. The normalized spacial score (nSPS) is 46.0. The molecule has 0 aromatic heterocycles. The fraction of sp³-hybridized carbons (Fsp3) is 0.833. The second kappa shape index (κ2) is 1.70. The van der Waals surface area contributed by atoms with Crippen LogP contribution in [-0.2, 0) is 9.53 Å². The van der Waals surface area contributed by atoms with Crippen molar-refractivity contribution >= 4 is 6.41 Å². The first-order chi connectivity index (χ1) is 4.43. The van der Waals surface area contributed by atoms with E-state index in [1.54, 1.807) is 6.41 Å². The highest BCUT2D eigenvalue weighted by Gasteiger charge is 2.54. The van der Waals surface area contributed by atoms with Gasteiger partial charge in [-0.25, -0.2) is 0 Å². The smallest absolute Gasteiger partial charge is 0.309 e. The molecule has 0 spiro atoms. The summed E-state index contributed by atoms with van der Waals surface area (Å²) in [4.78, 5) is 9.81. The molecule has 3 nitrogen and oxygen atoms in total. The average Bonchev–Trinajstić information content (AvgIpc) is 2.39. The molecule has 0 unspecified atom stereocenters. The van der Waals surface area contributed by atoms with Gasteiger partial charge >= 0.3 is 6.41 Å². The molecule has 2 rings (SSSR count). The maximum Gasteiger partial charge on any atom is 0.309 e. The van der Waals surface area contributed by atoms with Crippen LogP contribution in [0.25, 0.3) is 0 Å². The summed E-state index contributed by atoms with van der Waals surface area (Å²) in [7, 11) is 0. The molecule has 1 N–H and O–H groups in total. The van der Waals surface area contributed by atoms with E-state index in [2.05, 4.69) is 5.32 Å². The fourth-order valence-electron chi connectivity index (χ4n) is 1.52. The molecule has 2 aliphatic rings. The topological polar surface area (TPSA) is 38.3 Å². The predicted octanol–water partition coefficient (Wildman–Crippen LogP) is -0.712. The lowest BCUT2D eigenvalue weighted by atomic mass is 10.4. The van der Waals surface area contributed by atoms with E-state index in [9.17, 15) is 4.79 Å². The zero-order valence-electron chi connectivity index (χ0n) is 4.96. The van der Waals surface area contributed by atoms with Gasteiger partial charge < -0.3 is 10.1 Å². The molecule has 1 aliphatic heterocycles. The Labute approximate surface area is 53.4 Å². The molecule has 0 aromatic rings. The molecule has 3 atom stereocenters. The Balaban J connectivity index is 1.87. The highest BCUT2D eigenvalue weighted by atomic mass is 16.5. The third kappa shape index (κ3) is 0.645. The second-order valence-corrected chi connectivity index (χ2v) is 2.64. The average molecular weight is 126 g/mol. The van der Waals surface area contributed by atoms with Crippen molar-refractivity contribution in [3.8, 4) is 0 Å². The number of carbonyl (C=O) groups excluding carboxylic acids is 1. The van der Waals surface area contributed by atoms with Gasteiger partial charge in [0.05, 0.1) is 13.2 Å². The van der Waals surface area contributed by atoms with E-state index in [4.69, 9.17) is 4.74 Å². The zero-order valence-corrected chi connectivity index (χ0v) is 4.96. The van der Waals surface area contributed by atoms with E-state index in [1.165, 1.54) is 0 Å². The highest BCUT2D eigenvalue weighted by Crippen LogP contribution is 2.43. The van der Waals surface area contributed by atoms with Crippen molar-refractivity contribution in [2.24, 2.45) is 11.8 Å². The summed E-state index contributed by atoms with van der Waals surface area (Å²) >= 11 is 0. The Morgan fingerprint density at radius 3 is 2.67 bits per heavy atom. The summed E-state index contributed by atoms with van der Waals surface area (Å²) < 4.78 is 5.11. The molecule has 1 saturated carbocycles. The number of ether oxygens (including phenoxy) is 1. The summed E-state index contributed by atoms with van der Waals surface area (Å²) in [5.74, 6) is 1.21. The van der Waals surface area contributed by atoms with Gasteiger partial charge in [0.1, 0.15) is 0 Å². The predicted molar refractivity (Wildman–Crippen MR) is 30.4 cm³/mol. The van der Waals surface area contributed by atoms with Gasteiger partial charge in [-0.05, 0) is 0 Å². The van der Waals surface area contributed by atoms with Crippen LogP contribution in [0.3, 0.4) is 0 Å². The summed E-state index contributed by atoms with van der Waals surface area (Å²) in [6, 6.07) is 0.385. The lowest BCUT2D eigenvalue weighted by Crippen LogP contribution is -2.20. The van der Waals surface area contributed by atoms with Gasteiger partial charge in [0.25, 0.3) is 0 Å². The number of nitrogens with one attached hydrogen (secondary N) is 1. The van der Waals surface area contributed by atoms with Crippen LogP contribution in [0.15, 0.2) is 0 Å². The van der Waals surface area contributed by atoms with E-state index < -0.39 is 0 Å². The molecular weight excluding hydrogens is 118 g/mol. The van der Waals surface area contributed by atoms with Gasteiger partial charge in [0, 0.05) is 17.9 Å². The van der Waals surface area contributed by atoms with Crippen LogP contribution in [0.5, 0.6) is 0 Å². The summed E-state index contributed by atoms with van der Waals surface area (Å²) in [5.41, 5.74) is 0. The lowest BCUT2D eigenvalue weighted by molar-refractivity contribution is 0.158. The minimum Gasteiger partial charge on any atom is -0.381 e. The molecule has 9 heavy (non-hydrogen) atoms. The Kier molecular flexibility index (Phi) is 0.990. The summed E-state index contributed by atoms with van der Waals surface area (Å²) in [6.45, 7) is 1.65. The van der Waals surface area contributed by atoms with E-state index in [1.807, 2.05) is 0 Å². The van der Waals surface area contributed by atoms with Crippen LogP contribution in [0.2, 0.25) is 0 Å². The first kappa shape index (κ1) is 5.23.